The molecule has 5 heteroatoms. The number of hydrogen-bond donors (Lipinski definition) is 3. The molecular formula is C25H40O5. The molecule has 5 atom stereocenters. The Morgan fingerprint density at radius 2 is 2.00 bits per heavy atom. The minimum absolute atomic E-state index is 0.0549. The number of carboxylic acids is 1. The quantitative estimate of drug-likeness (QED) is 0.260. The molecule has 30 heavy (non-hydrogen) atoms. The number of carboxylic acid groups (broad SMARTS) is 1. The average molecular weight is 421 g/mol. The van der Waals surface area contributed by atoms with Crippen molar-refractivity contribution in [2.24, 2.45) is 17.8 Å². The Morgan fingerprint density at radius 1 is 1.27 bits per heavy atom. The van der Waals surface area contributed by atoms with E-state index in [4.69, 9.17) is 5.11 Å². The van der Waals surface area contributed by atoms with Gasteiger partial charge in [-0.05, 0) is 32.1 Å². The highest BCUT2D eigenvalue weighted by Crippen LogP contribution is 2.34. The molecule has 0 heterocycles. The van der Waals surface area contributed by atoms with Crippen LogP contribution in [0.2, 0.25) is 0 Å². The number of allylic oxidation sites excluding steroid dienone is 2. The lowest BCUT2D eigenvalue weighted by Gasteiger charge is -2.23. The molecule has 0 radical (unpaired) electrons. The molecule has 1 fully saturated rings. The number of Topliss-reactive ketones (excluding diaryl/α,β-unsaturated/α-hetero) is 1. The maximum absolute atomic E-state index is 12.3. The van der Waals surface area contributed by atoms with Gasteiger partial charge in [0.2, 0.25) is 0 Å². The van der Waals surface area contributed by atoms with Crippen molar-refractivity contribution in [1.29, 1.82) is 0 Å². The summed E-state index contributed by atoms with van der Waals surface area (Å²) in [5.74, 6) is -1.65. The van der Waals surface area contributed by atoms with Crippen LogP contribution in [0, 0.1) is 17.8 Å². The van der Waals surface area contributed by atoms with Crippen LogP contribution in [0.5, 0.6) is 0 Å². The molecule has 1 aliphatic rings. The summed E-state index contributed by atoms with van der Waals surface area (Å²) < 4.78 is 0. The van der Waals surface area contributed by atoms with Crippen LogP contribution in [0.1, 0.15) is 78.1 Å². The Balaban J connectivity index is 2.59. The molecule has 0 bridgehead atoms. The zero-order valence-corrected chi connectivity index (χ0v) is 18.6. The number of carbonyl (C=O) groups is 2. The van der Waals surface area contributed by atoms with Gasteiger partial charge in [-0.3, -0.25) is 9.59 Å². The molecule has 0 aromatic carbocycles. The molecule has 1 saturated carbocycles. The lowest BCUT2D eigenvalue weighted by molar-refractivity contribution is -0.141. The third-order valence-electron chi connectivity index (χ3n) is 6.15. The van der Waals surface area contributed by atoms with Gasteiger partial charge in [0.25, 0.3) is 0 Å². The van der Waals surface area contributed by atoms with E-state index >= 15 is 0 Å². The van der Waals surface area contributed by atoms with E-state index in [0.717, 1.165) is 25.7 Å². The summed E-state index contributed by atoms with van der Waals surface area (Å²) in [6.07, 6.45) is 15.8. The topological polar surface area (TPSA) is 94.8 Å². The highest BCUT2D eigenvalue weighted by Gasteiger charge is 2.39. The summed E-state index contributed by atoms with van der Waals surface area (Å²) in [4.78, 5) is 23.2. The molecule has 0 aromatic heterocycles. The van der Waals surface area contributed by atoms with Crippen LogP contribution in [0.15, 0.2) is 37.0 Å². The average Bonchev–Trinajstić information content (AvgIpc) is 2.97. The molecule has 0 amide bonds. The monoisotopic (exact) mass is 420 g/mol. The van der Waals surface area contributed by atoms with E-state index in [1.54, 1.807) is 13.0 Å². The fourth-order valence-corrected chi connectivity index (χ4v) is 3.93. The fourth-order valence-electron chi connectivity index (χ4n) is 3.93. The van der Waals surface area contributed by atoms with E-state index in [-0.39, 0.29) is 30.0 Å². The fraction of sp³-hybridized carbons (Fsp3) is 0.680. The Labute approximate surface area is 181 Å². The zero-order chi connectivity index (χ0) is 22.6. The van der Waals surface area contributed by atoms with Crippen molar-refractivity contribution in [1.82, 2.24) is 0 Å². The molecule has 170 valence electrons. The second kappa shape index (κ2) is 13.6. The van der Waals surface area contributed by atoms with Crippen molar-refractivity contribution < 1.29 is 24.9 Å². The summed E-state index contributed by atoms with van der Waals surface area (Å²) in [7, 11) is 0. The second-order valence-electron chi connectivity index (χ2n) is 8.70. The van der Waals surface area contributed by atoms with Gasteiger partial charge in [0.1, 0.15) is 5.78 Å². The van der Waals surface area contributed by atoms with Gasteiger partial charge in [0, 0.05) is 18.3 Å². The SMILES string of the molecule is C=CC(O)(C/C=C/[C@H]1[C@H](O)CC(=O)[C@@H]1C/C=C\CCC(C)C(=O)O)CCCCCC. The molecule has 0 saturated heterocycles. The van der Waals surface area contributed by atoms with Crippen LogP contribution in [0.25, 0.3) is 0 Å². The molecule has 2 unspecified atom stereocenters. The van der Waals surface area contributed by atoms with E-state index in [0.29, 0.717) is 32.1 Å². The maximum atomic E-state index is 12.3. The third-order valence-corrected chi connectivity index (χ3v) is 6.15. The molecule has 1 aliphatic carbocycles. The highest BCUT2D eigenvalue weighted by atomic mass is 16.4. The molecule has 3 N–H and O–H groups in total. The minimum Gasteiger partial charge on any atom is -0.481 e. The number of aliphatic hydroxyl groups is 2. The zero-order valence-electron chi connectivity index (χ0n) is 18.6. The number of unbranched alkanes of at least 4 members (excludes halogenated alkanes) is 3. The van der Waals surface area contributed by atoms with Gasteiger partial charge >= 0.3 is 5.97 Å². The normalized spacial score (nSPS) is 25.1. The minimum atomic E-state index is -0.950. The molecule has 0 aromatic rings. The van der Waals surface area contributed by atoms with Crippen LogP contribution in [0.4, 0.5) is 0 Å². The van der Waals surface area contributed by atoms with Crippen molar-refractivity contribution in [2.45, 2.75) is 89.8 Å². The standard InChI is InChI=1S/C25H40O5/c1-4-6-7-11-16-25(30,5-2)17-12-15-21-20(22(26)18-23(21)27)14-10-8-9-13-19(3)24(28)29/h5,8,10,12,15,19-21,23,27,30H,2,4,6-7,9,11,13-14,16-18H2,1,3H3,(H,28,29)/b10-8-,15-12+/t19?,20-,21-,23-,25?/m1/s1. The van der Waals surface area contributed by atoms with E-state index in [1.165, 1.54) is 0 Å². The number of ketones is 1. The van der Waals surface area contributed by atoms with Gasteiger partial charge < -0.3 is 15.3 Å². The number of rotatable bonds is 15. The van der Waals surface area contributed by atoms with E-state index in [2.05, 4.69) is 13.5 Å². The van der Waals surface area contributed by atoms with Crippen LogP contribution in [-0.2, 0) is 9.59 Å². The number of aliphatic hydroxyl groups excluding tert-OH is 1. The van der Waals surface area contributed by atoms with Gasteiger partial charge in [-0.2, -0.15) is 0 Å². The van der Waals surface area contributed by atoms with Crippen LogP contribution in [0.3, 0.4) is 0 Å². The molecule has 0 aliphatic heterocycles. The van der Waals surface area contributed by atoms with Crippen molar-refractivity contribution in [3.8, 4) is 0 Å². The summed E-state index contributed by atoms with van der Waals surface area (Å²) in [6.45, 7) is 7.61. The summed E-state index contributed by atoms with van der Waals surface area (Å²) >= 11 is 0. The van der Waals surface area contributed by atoms with Gasteiger partial charge in [0.05, 0.1) is 17.6 Å². The van der Waals surface area contributed by atoms with Crippen molar-refractivity contribution in [3.05, 3.63) is 37.0 Å². The first kappa shape index (κ1) is 26.3. The van der Waals surface area contributed by atoms with Gasteiger partial charge in [-0.15, -0.1) is 6.58 Å². The highest BCUT2D eigenvalue weighted by molar-refractivity contribution is 5.84. The Kier molecular flexibility index (Phi) is 11.9. The lowest BCUT2D eigenvalue weighted by Crippen LogP contribution is -2.25. The third kappa shape index (κ3) is 8.97. The first-order valence-electron chi connectivity index (χ1n) is 11.3. The first-order valence-corrected chi connectivity index (χ1v) is 11.3. The number of aliphatic carboxylic acids is 1. The smallest absolute Gasteiger partial charge is 0.306 e. The summed E-state index contributed by atoms with van der Waals surface area (Å²) in [6, 6.07) is 0. The maximum Gasteiger partial charge on any atom is 0.306 e. The largest absolute Gasteiger partial charge is 0.481 e. The summed E-state index contributed by atoms with van der Waals surface area (Å²) in [5.41, 5.74) is -0.950. The molecule has 0 spiro atoms. The number of carbonyl (C=O) groups excluding carboxylic acids is 1. The molecule has 5 nitrogen and oxygen atoms in total. The number of hydrogen-bond acceptors (Lipinski definition) is 4. The van der Waals surface area contributed by atoms with E-state index < -0.39 is 17.7 Å². The van der Waals surface area contributed by atoms with E-state index in [9.17, 15) is 19.8 Å². The van der Waals surface area contributed by atoms with E-state index in [1.807, 2.05) is 24.3 Å². The van der Waals surface area contributed by atoms with Crippen LogP contribution in [-0.4, -0.2) is 38.8 Å². The van der Waals surface area contributed by atoms with Gasteiger partial charge in [-0.25, -0.2) is 0 Å². The van der Waals surface area contributed by atoms with Crippen molar-refractivity contribution in [3.63, 3.8) is 0 Å². The van der Waals surface area contributed by atoms with Crippen molar-refractivity contribution >= 4 is 11.8 Å². The van der Waals surface area contributed by atoms with Crippen LogP contribution >= 0.6 is 0 Å². The van der Waals surface area contributed by atoms with Crippen molar-refractivity contribution in [2.75, 3.05) is 0 Å². The first-order chi connectivity index (χ1) is 14.2. The van der Waals surface area contributed by atoms with Gasteiger partial charge in [0.15, 0.2) is 0 Å². The Hall–Kier alpha value is -1.72. The lowest BCUT2D eigenvalue weighted by atomic mass is 9.88. The Morgan fingerprint density at radius 3 is 2.63 bits per heavy atom. The van der Waals surface area contributed by atoms with Crippen LogP contribution < -0.4 is 0 Å². The Bertz CT molecular complexity index is 609. The molecule has 1 rings (SSSR count). The molecular weight excluding hydrogens is 380 g/mol. The van der Waals surface area contributed by atoms with Gasteiger partial charge in [-0.1, -0.05) is 69.9 Å². The second-order valence-corrected chi connectivity index (χ2v) is 8.70. The predicted octanol–water partition coefficient (Wildman–Crippen LogP) is 4.83. The predicted molar refractivity (Wildman–Crippen MR) is 120 cm³/mol. The summed E-state index contributed by atoms with van der Waals surface area (Å²) in [5, 5.41) is 29.9.